The van der Waals surface area contributed by atoms with Crippen LogP contribution in [0.3, 0.4) is 0 Å². The van der Waals surface area contributed by atoms with E-state index in [9.17, 15) is 5.11 Å². The van der Waals surface area contributed by atoms with Gasteiger partial charge < -0.3 is 19.6 Å². The topological polar surface area (TPSA) is 54.6 Å². The predicted octanol–water partition coefficient (Wildman–Crippen LogP) is 3.55. The van der Waals surface area contributed by atoms with Gasteiger partial charge >= 0.3 is 0 Å². The summed E-state index contributed by atoms with van der Waals surface area (Å²) in [6.45, 7) is 0.561. The molecule has 108 valence electrons. The molecule has 0 bridgehead atoms. The molecule has 3 aromatic rings. The summed E-state index contributed by atoms with van der Waals surface area (Å²) in [5.41, 5.74) is 2.53. The van der Waals surface area contributed by atoms with E-state index >= 15 is 0 Å². The molecule has 2 N–H and O–H groups in total. The van der Waals surface area contributed by atoms with E-state index in [1.165, 1.54) is 0 Å². The molecule has 1 heterocycles. The minimum absolute atomic E-state index is 0.0110. The van der Waals surface area contributed by atoms with Gasteiger partial charge in [-0.25, -0.2) is 0 Å². The highest BCUT2D eigenvalue weighted by Gasteiger charge is 2.09. The summed E-state index contributed by atoms with van der Waals surface area (Å²) in [7, 11) is 1.63. The summed E-state index contributed by atoms with van der Waals surface area (Å²) in [5.74, 6) is 1.55. The maximum absolute atomic E-state index is 9.32. The van der Waals surface area contributed by atoms with Crippen molar-refractivity contribution in [2.45, 2.75) is 13.2 Å². The predicted molar refractivity (Wildman–Crippen MR) is 82.5 cm³/mol. The number of hydrogen-bond acceptors (Lipinski definition) is 4. The molecule has 1 aromatic heterocycles. The van der Waals surface area contributed by atoms with Crippen molar-refractivity contribution >= 4 is 16.7 Å². The number of anilines is 1. The maximum atomic E-state index is 9.32. The second kappa shape index (κ2) is 5.89. The zero-order valence-electron chi connectivity index (χ0n) is 11.8. The molecule has 21 heavy (non-hydrogen) atoms. The van der Waals surface area contributed by atoms with Gasteiger partial charge in [0.05, 0.1) is 20.3 Å². The molecule has 0 atom stereocenters. The van der Waals surface area contributed by atoms with E-state index in [1.807, 2.05) is 48.5 Å². The Morgan fingerprint density at radius 2 is 2.00 bits per heavy atom. The van der Waals surface area contributed by atoms with Crippen LogP contribution in [0.4, 0.5) is 5.69 Å². The Kier molecular flexibility index (Phi) is 3.79. The summed E-state index contributed by atoms with van der Waals surface area (Å²) >= 11 is 0. The first-order valence-corrected chi connectivity index (χ1v) is 6.80. The van der Waals surface area contributed by atoms with Crippen LogP contribution in [0.15, 0.2) is 52.9 Å². The minimum atomic E-state index is 0.0110. The average molecular weight is 283 g/mol. The first-order valence-electron chi connectivity index (χ1n) is 6.80. The Morgan fingerprint density at radius 1 is 1.14 bits per heavy atom. The van der Waals surface area contributed by atoms with Gasteiger partial charge in [0.15, 0.2) is 11.3 Å². The molecule has 0 unspecified atom stereocenters. The molecular formula is C17H17NO3. The highest BCUT2D eigenvalue weighted by Crippen LogP contribution is 2.29. The van der Waals surface area contributed by atoms with Crippen molar-refractivity contribution in [3.63, 3.8) is 0 Å². The number of aliphatic hydroxyl groups excluding tert-OH is 1. The van der Waals surface area contributed by atoms with Gasteiger partial charge in [0.25, 0.3) is 0 Å². The lowest BCUT2D eigenvalue weighted by Gasteiger charge is -2.08. The molecule has 4 nitrogen and oxygen atoms in total. The molecule has 0 fully saturated rings. The molecule has 3 rings (SSSR count). The number of rotatable bonds is 5. The van der Waals surface area contributed by atoms with Crippen LogP contribution in [-0.2, 0) is 13.2 Å². The van der Waals surface area contributed by atoms with Gasteiger partial charge in [-0.3, -0.25) is 0 Å². The quantitative estimate of drug-likeness (QED) is 0.752. The Morgan fingerprint density at radius 3 is 2.81 bits per heavy atom. The highest BCUT2D eigenvalue weighted by molar-refractivity contribution is 5.83. The number of fused-ring (bicyclic) bond motifs is 1. The molecule has 0 aliphatic rings. The lowest BCUT2D eigenvalue weighted by atomic mass is 10.2. The molecule has 4 heteroatoms. The average Bonchev–Trinajstić information content (AvgIpc) is 2.96. The second-order valence-corrected chi connectivity index (χ2v) is 4.76. The van der Waals surface area contributed by atoms with Gasteiger partial charge in [0, 0.05) is 16.6 Å². The van der Waals surface area contributed by atoms with Gasteiger partial charge in [-0.15, -0.1) is 0 Å². The third-order valence-electron chi connectivity index (χ3n) is 3.42. The molecule has 0 saturated carbocycles. The fourth-order valence-electron chi connectivity index (χ4n) is 2.35. The minimum Gasteiger partial charge on any atom is -0.493 e. The van der Waals surface area contributed by atoms with Gasteiger partial charge in [-0.2, -0.15) is 0 Å². The Bertz CT molecular complexity index is 749. The van der Waals surface area contributed by atoms with E-state index in [1.54, 1.807) is 7.11 Å². The number of hydrogen-bond donors (Lipinski definition) is 2. The molecule has 0 spiro atoms. The van der Waals surface area contributed by atoms with Crippen LogP contribution < -0.4 is 10.1 Å². The normalized spacial score (nSPS) is 10.8. The summed E-state index contributed by atoms with van der Waals surface area (Å²) in [6.07, 6.45) is 0. The lowest BCUT2D eigenvalue weighted by molar-refractivity contribution is 0.282. The van der Waals surface area contributed by atoms with Crippen LogP contribution in [-0.4, -0.2) is 12.2 Å². The number of nitrogens with one attached hydrogen (secondary N) is 1. The zero-order chi connectivity index (χ0) is 14.7. The molecule has 0 radical (unpaired) electrons. The summed E-state index contributed by atoms with van der Waals surface area (Å²) in [5, 5.41) is 13.6. The standard InChI is InChI=1S/C17H17NO3/c1-20-16-8-4-6-12-9-14(21-17(12)16)10-18-15-7-3-2-5-13(15)11-19/h2-9,18-19H,10-11H2,1H3. The van der Waals surface area contributed by atoms with E-state index < -0.39 is 0 Å². The number of para-hydroxylation sites is 2. The largest absolute Gasteiger partial charge is 0.493 e. The van der Waals surface area contributed by atoms with Crippen LogP contribution in [0, 0.1) is 0 Å². The Balaban J connectivity index is 1.82. The van der Waals surface area contributed by atoms with Crippen LogP contribution in [0.1, 0.15) is 11.3 Å². The Labute approximate surface area is 123 Å². The van der Waals surface area contributed by atoms with Crippen LogP contribution >= 0.6 is 0 Å². The SMILES string of the molecule is COc1cccc2cc(CNc3ccccc3CO)oc12. The third kappa shape index (κ3) is 2.71. The number of ether oxygens (including phenoxy) is 1. The van der Waals surface area contributed by atoms with Crippen LogP contribution in [0.5, 0.6) is 5.75 Å². The van der Waals surface area contributed by atoms with E-state index in [0.717, 1.165) is 33.7 Å². The zero-order valence-corrected chi connectivity index (χ0v) is 11.8. The van der Waals surface area contributed by atoms with Crippen molar-refractivity contribution in [2.24, 2.45) is 0 Å². The third-order valence-corrected chi connectivity index (χ3v) is 3.42. The first-order chi connectivity index (χ1) is 10.3. The molecular weight excluding hydrogens is 266 g/mol. The van der Waals surface area contributed by atoms with Crippen molar-refractivity contribution in [1.29, 1.82) is 0 Å². The molecule has 0 amide bonds. The number of methoxy groups -OCH3 is 1. The first kappa shape index (κ1) is 13.5. The highest BCUT2D eigenvalue weighted by atomic mass is 16.5. The fourth-order valence-corrected chi connectivity index (χ4v) is 2.35. The smallest absolute Gasteiger partial charge is 0.176 e. The lowest BCUT2D eigenvalue weighted by Crippen LogP contribution is -2.01. The second-order valence-electron chi connectivity index (χ2n) is 4.76. The van der Waals surface area contributed by atoms with Crippen molar-refractivity contribution in [2.75, 3.05) is 12.4 Å². The maximum Gasteiger partial charge on any atom is 0.176 e. The summed E-state index contributed by atoms with van der Waals surface area (Å²) < 4.78 is 11.1. The van der Waals surface area contributed by atoms with Gasteiger partial charge in [-0.1, -0.05) is 30.3 Å². The van der Waals surface area contributed by atoms with E-state index in [4.69, 9.17) is 9.15 Å². The van der Waals surface area contributed by atoms with Gasteiger partial charge in [-0.05, 0) is 18.2 Å². The molecule has 0 aliphatic heterocycles. The summed E-state index contributed by atoms with van der Waals surface area (Å²) in [4.78, 5) is 0. The van der Waals surface area contributed by atoms with Crippen molar-refractivity contribution in [1.82, 2.24) is 0 Å². The van der Waals surface area contributed by atoms with E-state index in [2.05, 4.69) is 5.32 Å². The fraction of sp³-hybridized carbons (Fsp3) is 0.176. The number of benzene rings is 2. The van der Waals surface area contributed by atoms with Crippen LogP contribution in [0.2, 0.25) is 0 Å². The van der Waals surface area contributed by atoms with Crippen molar-refractivity contribution in [3.05, 3.63) is 59.9 Å². The Hall–Kier alpha value is -2.46. The molecule has 0 saturated heterocycles. The van der Waals surface area contributed by atoms with Crippen LogP contribution in [0.25, 0.3) is 11.0 Å². The molecule has 2 aromatic carbocycles. The van der Waals surface area contributed by atoms with E-state index in [-0.39, 0.29) is 6.61 Å². The van der Waals surface area contributed by atoms with Crippen molar-refractivity contribution in [3.8, 4) is 5.75 Å². The van der Waals surface area contributed by atoms with Crippen molar-refractivity contribution < 1.29 is 14.3 Å². The summed E-state index contributed by atoms with van der Waals surface area (Å²) in [6, 6.07) is 15.5. The number of furan rings is 1. The number of aliphatic hydroxyl groups is 1. The monoisotopic (exact) mass is 283 g/mol. The van der Waals surface area contributed by atoms with Gasteiger partial charge in [0.2, 0.25) is 0 Å². The van der Waals surface area contributed by atoms with E-state index in [0.29, 0.717) is 6.54 Å². The molecule has 0 aliphatic carbocycles. The van der Waals surface area contributed by atoms with Gasteiger partial charge in [0.1, 0.15) is 5.76 Å².